The summed E-state index contributed by atoms with van der Waals surface area (Å²) < 4.78 is 7.06. The van der Waals surface area contributed by atoms with Crippen LogP contribution in [0.25, 0.3) is 0 Å². The van der Waals surface area contributed by atoms with Crippen molar-refractivity contribution in [2.45, 2.75) is 25.3 Å². The normalized spacial score (nSPS) is 20.1. The zero-order valence-corrected chi connectivity index (χ0v) is 13.9. The second-order valence-electron chi connectivity index (χ2n) is 6.31. The number of rotatable bonds is 4. The van der Waals surface area contributed by atoms with E-state index >= 15 is 0 Å². The van der Waals surface area contributed by atoms with Gasteiger partial charge in [-0.15, -0.1) is 0 Å². The molecule has 7 nitrogen and oxygen atoms in total. The number of aromatic nitrogens is 4. The highest BCUT2D eigenvalue weighted by Crippen LogP contribution is 2.39. The molecule has 0 aliphatic carbocycles. The third kappa shape index (κ3) is 3.17. The van der Waals surface area contributed by atoms with Crippen molar-refractivity contribution in [2.75, 3.05) is 13.1 Å². The molecule has 1 saturated heterocycles. The van der Waals surface area contributed by atoms with E-state index in [4.69, 9.17) is 4.52 Å². The summed E-state index contributed by atoms with van der Waals surface area (Å²) in [4.78, 5) is 18.9. The van der Waals surface area contributed by atoms with Crippen LogP contribution in [0.1, 0.15) is 29.1 Å². The summed E-state index contributed by atoms with van der Waals surface area (Å²) in [5.41, 5.74) is 1.18. The fourth-order valence-electron chi connectivity index (χ4n) is 3.39. The van der Waals surface area contributed by atoms with Crippen molar-refractivity contribution in [3.63, 3.8) is 0 Å². The fraction of sp³-hybridized carbons (Fsp3) is 0.333. The number of hydrogen-bond acceptors (Lipinski definition) is 5. The van der Waals surface area contributed by atoms with Crippen LogP contribution in [0.5, 0.6) is 0 Å². The fourth-order valence-corrected chi connectivity index (χ4v) is 3.39. The molecule has 25 heavy (non-hydrogen) atoms. The van der Waals surface area contributed by atoms with Gasteiger partial charge < -0.3 is 9.42 Å². The maximum atomic E-state index is 12.7. The van der Waals surface area contributed by atoms with Crippen molar-refractivity contribution in [1.82, 2.24) is 24.8 Å². The number of carbonyl (C=O) groups excluding carboxylic acids is 1. The van der Waals surface area contributed by atoms with E-state index in [1.807, 2.05) is 29.2 Å². The first-order valence-electron chi connectivity index (χ1n) is 8.31. The molecule has 1 aliphatic heterocycles. The summed E-state index contributed by atoms with van der Waals surface area (Å²) in [5.74, 6) is 1.40. The molecule has 0 unspecified atom stereocenters. The van der Waals surface area contributed by atoms with Gasteiger partial charge in [0, 0.05) is 31.4 Å². The van der Waals surface area contributed by atoms with Crippen LogP contribution in [0, 0.1) is 6.92 Å². The lowest BCUT2D eigenvalue weighted by atomic mass is 9.89. The summed E-state index contributed by atoms with van der Waals surface area (Å²) in [6.07, 6.45) is 3.47. The van der Waals surface area contributed by atoms with Gasteiger partial charge in [-0.25, -0.2) is 0 Å². The molecule has 2 atom stereocenters. The van der Waals surface area contributed by atoms with Crippen LogP contribution in [0.2, 0.25) is 0 Å². The number of likely N-dealkylation sites (tertiary alicyclic amines) is 1. The van der Waals surface area contributed by atoms with Gasteiger partial charge in [0.05, 0.1) is 5.92 Å². The second kappa shape index (κ2) is 6.51. The number of nitrogens with zero attached hydrogens (tertiary/aromatic N) is 5. The highest BCUT2D eigenvalue weighted by Gasteiger charge is 2.40. The average Bonchev–Trinajstić information content (AvgIpc) is 3.35. The van der Waals surface area contributed by atoms with Crippen molar-refractivity contribution >= 4 is 5.91 Å². The van der Waals surface area contributed by atoms with Gasteiger partial charge in [0.15, 0.2) is 5.82 Å². The molecule has 3 heterocycles. The van der Waals surface area contributed by atoms with Crippen LogP contribution < -0.4 is 0 Å². The van der Waals surface area contributed by atoms with Gasteiger partial charge in [0.25, 0.3) is 0 Å². The van der Waals surface area contributed by atoms with Crippen LogP contribution in [-0.2, 0) is 11.3 Å². The molecule has 0 spiro atoms. The van der Waals surface area contributed by atoms with Gasteiger partial charge in [-0.1, -0.05) is 35.5 Å². The van der Waals surface area contributed by atoms with Gasteiger partial charge in [0.1, 0.15) is 6.54 Å². The van der Waals surface area contributed by atoms with Crippen molar-refractivity contribution < 1.29 is 9.32 Å². The Morgan fingerprint density at radius 3 is 2.68 bits per heavy atom. The number of hydrogen-bond donors (Lipinski definition) is 0. The molecule has 128 valence electrons. The molecule has 1 aliphatic rings. The summed E-state index contributed by atoms with van der Waals surface area (Å²) in [6.45, 7) is 3.25. The van der Waals surface area contributed by atoms with Crippen LogP contribution in [0.15, 0.2) is 53.3 Å². The van der Waals surface area contributed by atoms with Crippen molar-refractivity contribution in [3.05, 3.63) is 66.1 Å². The van der Waals surface area contributed by atoms with Crippen LogP contribution >= 0.6 is 0 Å². The Hall–Kier alpha value is -2.96. The zero-order valence-electron chi connectivity index (χ0n) is 13.9. The van der Waals surface area contributed by atoms with E-state index in [0.29, 0.717) is 24.8 Å². The van der Waals surface area contributed by atoms with Crippen LogP contribution in [0.3, 0.4) is 0 Å². The number of aryl methyl sites for hydroxylation is 1. The topological polar surface area (TPSA) is 77.0 Å². The highest BCUT2D eigenvalue weighted by molar-refractivity contribution is 5.76. The third-order valence-corrected chi connectivity index (χ3v) is 4.62. The van der Waals surface area contributed by atoms with Crippen LogP contribution in [-0.4, -0.2) is 43.8 Å². The minimum atomic E-state index is 0.00479. The largest absolute Gasteiger partial charge is 0.340 e. The molecule has 0 N–H and O–H groups in total. The first-order valence-corrected chi connectivity index (χ1v) is 8.31. The Morgan fingerprint density at radius 1 is 1.20 bits per heavy atom. The lowest BCUT2D eigenvalue weighted by Crippen LogP contribution is -2.32. The first-order chi connectivity index (χ1) is 12.2. The minimum absolute atomic E-state index is 0.00479. The van der Waals surface area contributed by atoms with E-state index in [9.17, 15) is 4.79 Å². The van der Waals surface area contributed by atoms with Crippen molar-refractivity contribution in [1.29, 1.82) is 0 Å². The van der Waals surface area contributed by atoms with E-state index in [1.54, 1.807) is 24.0 Å². The molecule has 0 radical (unpaired) electrons. The predicted octanol–water partition coefficient (Wildman–Crippen LogP) is 1.98. The molecule has 2 aromatic heterocycles. The quantitative estimate of drug-likeness (QED) is 0.727. The lowest BCUT2D eigenvalue weighted by Gasteiger charge is -2.16. The van der Waals surface area contributed by atoms with Gasteiger partial charge in [0.2, 0.25) is 11.8 Å². The summed E-state index contributed by atoms with van der Waals surface area (Å²) >= 11 is 0. The Labute approximate surface area is 145 Å². The molecular formula is C18H19N5O2. The molecule has 4 rings (SSSR count). The Bertz CT molecular complexity index is 844. The van der Waals surface area contributed by atoms with Crippen molar-refractivity contribution in [2.24, 2.45) is 0 Å². The Kier molecular flexibility index (Phi) is 4.05. The first kappa shape index (κ1) is 15.6. The summed E-state index contributed by atoms with van der Waals surface area (Å²) in [6, 6.07) is 12.0. The molecule has 7 heteroatoms. The molecule has 0 saturated carbocycles. The molecule has 1 aromatic carbocycles. The standard InChI is InChI=1S/C18H19N5O2/c1-13-20-18(25-21-13)16-11-22(17(24)12-23-9-5-8-19-23)10-15(16)14-6-3-2-4-7-14/h2-9,15-16H,10-12H2,1H3/t15-,16-/m0/s1. The molecular weight excluding hydrogens is 318 g/mol. The van der Waals surface area contributed by atoms with Gasteiger partial charge in [-0.3, -0.25) is 9.48 Å². The van der Waals surface area contributed by atoms with Gasteiger partial charge in [-0.2, -0.15) is 10.1 Å². The van der Waals surface area contributed by atoms with E-state index in [2.05, 4.69) is 27.4 Å². The molecule has 1 fully saturated rings. The van der Waals surface area contributed by atoms with Crippen LogP contribution in [0.4, 0.5) is 0 Å². The number of amides is 1. The van der Waals surface area contributed by atoms with E-state index in [0.717, 1.165) is 0 Å². The number of carbonyl (C=O) groups is 1. The minimum Gasteiger partial charge on any atom is -0.340 e. The predicted molar refractivity (Wildman–Crippen MR) is 89.8 cm³/mol. The van der Waals surface area contributed by atoms with Gasteiger partial charge in [-0.05, 0) is 18.6 Å². The maximum Gasteiger partial charge on any atom is 0.244 e. The molecule has 0 bridgehead atoms. The highest BCUT2D eigenvalue weighted by atomic mass is 16.5. The van der Waals surface area contributed by atoms with Gasteiger partial charge >= 0.3 is 0 Å². The average molecular weight is 337 g/mol. The third-order valence-electron chi connectivity index (χ3n) is 4.62. The summed E-state index contributed by atoms with van der Waals surface area (Å²) in [5, 5.41) is 8.03. The van der Waals surface area contributed by atoms with Crippen molar-refractivity contribution in [3.8, 4) is 0 Å². The Morgan fingerprint density at radius 2 is 2.00 bits per heavy atom. The molecule has 3 aromatic rings. The lowest BCUT2D eigenvalue weighted by molar-refractivity contribution is -0.131. The van der Waals surface area contributed by atoms with E-state index in [-0.39, 0.29) is 24.3 Å². The summed E-state index contributed by atoms with van der Waals surface area (Å²) in [7, 11) is 0. The monoisotopic (exact) mass is 337 g/mol. The van der Waals surface area contributed by atoms with E-state index < -0.39 is 0 Å². The van der Waals surface area contributed by atoms with E-state index in [1.165, 1.54) is 5.56 Å². The molecule has 1 amide bonds. The number of benzene rings is 1. The maximum absolute atomic E-state index is 12.7. The SMILES string of the molecule is Cc1noc([C@H]2CN(C(=O)Cn3cccn3)C[C@H]2c2ccccc2)n1. The zero-order chi connectivity index (χ0) is 17.2. The second-order valence-corrected chi connectivity index (χ2v) is 6.31. The smallest absolute Gasteiger partial charge is 0.244 e. The Balaban J connectivity index is 1.59.